The van der Waals surface area contributed by atoms with Gasteiger partial charge in [0.15, 0.2) is 6.61 Å². The molecule has 0 atom stereocenters. The number of piperidine rings is 1. The maximum atomic E-state index is 14.8. The molecule has 0 aromatic heterocycles. The first-order chi connectivity index (χ1) is 27.4. The predicted molar refractivity (Wildman–Crippen MR) is 195 cm³/mol. The van der Waals surface area contributed by atoms with Crippen molar-refractivity contribution in [1.29, 1.82) is 0 Å². The van der Waals surface area contributed by atoms with E-state index in [0.717, 1.165) is 9.21 Å². The highest BCUT2D eigenvalue weighted by Crippen LogP contribution is 2.46. The summed E-state index contributed by atoms with van der Waals surface area (Å²) in [5.41, 5.74) is -3.55. The summed E-state index contributed by atoms with van der Waals surface area (Å²) in [6.07, 6.45) is -6.52. The largest absolute Gasteiger partial charge is 0.487 e. The number of nitrogens with zero attached hydrogens (tertiary/aromatic N) is 3. The third kappa shape index (κ3) is 11.2. The van der Waals surface area contributed by atoms with Crippen molar-refractivity contribution in [3.63, 3.8) is 0 Å². The third-order valence-corrected chi connectivity index (χ3v) is 11.4. The van der Waals surface area contributed by atoms with E-state index >= 15 is 0 Å². The minimum absolute atomic E-state index is 0.0241. The van der Waals surface area contributed by atoms with Gasteiger partial charge in [-0.2, -0.15) is 39.5 Å². The fourth-order valence-electron chi connectivity index (χ4n) is 6.04. The number of carboxylic acids is 1. The highest BCUT2D eigenvalue weighted by molar-refractivity contribution is 7.89. The molecule has 4 rings (SSSR count). The fraction of sp³-hybridized carbons (Fsp3) is 0.568. The fourth-order valence-corrected chi connectivity index (χ4v) is 7.52. The van der Waals surface area contributed by atoms with Crippen molar-refractivity contribution < 1.29 is 81.6 Å². The molecule has 60 heavy (non-hydrogen) atoms. The summed E-state index contributed by atoms with van der Waals surface area (Å²) in [6, 6.07) is 5.49. The van der Waals surface area contributed by atoms with Gasteiger partial charge in [0.2, 0.25) is 10.0 Å². The molecule has 1 fully saturated rings. The smallest absolute Gasteiger partial charge is 0.416 e. The van der Waals surface area contributed by atoms with Crippen LogP contribution in [0.5, 0.6) is 5.75 Å². The first kappa shape index (κ1) is 48.0. The van der Waals surface area contributed by atoms with E-state index in [1.165, 1.54) is 46.0 Å². The molecule has 2 aromatic rings. The third-order valence-electron chi connectivity index (χ3n) is 9.55. The van der Waals surface area contributed by atoms with Crippen molar-refractivity contribution in [3.8, 4) is 5.75 Å². The number of carbonyl (C=O) groups excluding carboxylic acids is 2. The monoisotopic (exact) mass is 890 g/mol. The number of rotatable bonds is 16. The number of amides is 2. The summed E-state index contributed by atoms with van der Waals surface area (Å²) < 4.78 is 171. The number of aliphatic imine (C=N–C) groups is 1. The SMILES string of the molecule is Cc1cc(C(=O)O)ccc1CCS(=O)(=O)N1CCC2(CC1)N=C(c1cc(OCC(F)(F)C(F)(F)C(F)(F)COCCN(C)C(=O)OC(C)(C)C)cc(C(F)(F)F)c1)NC2=O. The molecule has 2 N–H and O–H groups in total. The number of sulfonamides is 1. The van der Waals surface area contributed by atoms with Crippen molar-refractivity contribution in [2.75, 3.05) is 52.3 Å². The molecular formula is C37H43F9N4O9S. The normalized spacial score (nSPS) is 16.7. The molecule has 2 aromatic carbocycles. The minimum Gasteiger partial charge on any atom is -0.487 e. The molecule has 2 amide bonds. The lowest BCUT2D eigenvalue weighted by Gasteiger charge is -2.34. The van der Waals surface area contributed by atoms with Gasteiger partial charge in [0.1, 0.15) is 29.3 Å². The summed E-state index contributed by atoms with van der Waals surface area (Å²) in [5.74, 6) is -21.4. The lowest BCUT2D eigenvalue weighted by molar-refractivity contribution is -0.324. The molecule has 13 nitrogen and oxygen atoms in total. The van der Waals surface area contributed by atoms with Crippen molar-refractivity contribution in [2.24, 2.45) is 4.99 Å². The number of aryl methyl sites for hydroxylation is 2. The summed E-state index contributed by atoms with van der Waals surface area (Å²) in [5, 5.41) is 11.4. The van der Waals surface area contributed by atoms with Crippen LogP contribution in [0.15, 0.2) is 41.4 Å². The molecule has 0 bridgehead atoms. The van der Waals surface area contributed by atoms with Crippen molar-refractivity contribution >= 4 is 33.8 Å². The van der Waals surface area contributed by atoms with Crippen LogP contribution in [0.25, 0.3) is 0 Å². The highest BCUT2D eigenvalue weighted by atomic mass is 32.2. The second kappa shape index (κ2) is 17.4. The maximum absolute atomic E-state index is 14.8. The number of likely N-dealkylation sites (N-methyl/N-ethyl adjacent to an activating group) is 1. The van der Waals surface area contributed by atoms with Crippen LogP contribution < -0.4 is 10.1 Å². The highest BCUT2D eigenvalue weighted by Gasteiger charge is 2.72. The van der Waals surface area contributed by atoms with E-state index in [2.05, 4.69) is 19.8 Å². The van der Waals surface area contributed by atoms with Crippen LogP contribution in [0.1, 0.15) is 66.2 Å². The number of carboxylic acid groups (broad SMARTS) is 1. The molecule has 23 heteroatoms. The van der Waals surface area contributed by atoms with Gasteiger partial charge in [-0.05, 0) is 88.4 Å². The minimum atomic E-state index is -6.16. The maximum Gasteiger partial charge on any atom is 0.416 e. The number of alkyl halides is 9. The van der Waals surface area contributed by atoms with E-state index in [0.29, 0.717) is 23.3 Å². The predicted octanol–water partition coefficient (Wildman–Crippen LogP) is 6.16. The molecule has 2 aliphatic rings. The molecule has 334 valence electrons. The van der Waals surface area contributed by atoms with Crippen molar-refractivity contribution in [3.05, 3.63) is 64.2 Å². The van der Waals surface area contributed by atoms with Crippen LogP contribution in [0.3, 0.4) is 0 Å². The van der Waals surface area contributed by atoms with Gasteiger partial charge >= 0.3 is 36.0 Å². The van der Waals surface area contributed by atoms with Gasteiger partial charge in [0.05, 0.1) is 23.5 Å². The lowest BCUT2D eigenvalue weighted by atomic mass is 9.89. The topological polar surface area (TPSA) is 164 Å². The van der Waals surface area contributed by atoms with E-state index in [-0.39, 0.29) is 49.7 Å². The van der Waals surface area contributed by atoms with Crippen molar-refractivity contribution in [1.82, 2.24) is 14.5 Å². The zero-order chi connectivity index (χ0) is 45.3. The van der Waals surface area contributed by atoms with E-state index < -0.39 is 112 Å². The van der Waals surface area contributed by atoms with E-state index in [9.17, 15) is 62.3 Å². The summed E-state index contributed by atoms with van der Waals surface area (Å²) in [6.45, 7) is -0.228. The Balaban J connectivity index is 1.43. The van der Waals surface area contributed by atoms with Crippen molar-refractivity contribution in [2.45, 2.75) is 82.0 Å². The standard InChI is InChI=1S/C37H43F9N4O9S/c1-22-16-24(29(51)52)7-6-23(22)8-15-60(55,56)50-11-9-33(10-12-50)30(53)47-28(48-33)25-17-26(36(42,43)44)19-27(18-25)58-21-35(40,41)37(45,46)34(38,39)20-57-14-13-49(5)31(54)59-32(2,3)4/h6-7,16-19H,8-15,20-21H2,1-5H3,(H,51,52)(H,47,48,53). The number of nitrogens with one attached hydrogen (secondary N) is 1. The Hall–Kier alpha value is -4.64. The summed E-state index contributed by atoms with van der Waals surface area (Å²) in [7, 11) is -2.75. The van der Waals surface area contributed by atoms with Crippen LogP contribution in [-0.4, -0.2) is 128 Å². The molecule has 0 aliphatic carbocycles. The van der Waals surface area contributed by atoms with Crippen LogP contribution in [0, 0.1) is 6.92 Å². The van der Waals surface area contributed by atoms with Gasteiger partial charge in [0, 0.05) is 32.2 Å². The first-order valence-electron chi connectivity index (χ1n) is 18.1. The first-order valence-corrected chi connectivity index (χ1v) is 19.7. The Morgan fingerprint density at radius 2 is 1.57 bits per heavy atom. The molecule has 2 aliphatic heterocycles. The number of aromatic carboxylic acids is 1. The molecular weight excluding hydrogens is 847 g/mol. The average molecular weight is 891 g/mol. The number of carbonyl (C=O) groups is 3. The molecule has 0 unspecified atom stereocenters. The van der Waals surface area contributed by atoms with Gasteiger partial charge < -0.3 is 29.5 Å². The Labute approximate surface area is 338 Å². The van der Waals surface area contributed by atoms with Crippen LogP contribution in [-0.2, 0) is 36.9 Å². The number of halogens is 9. The molecule has 0 saturated carbocycles. The lowest BCUT2D eigenvalue weighted by Crippen LogP contribution is -2.58. The Bertz CT molecular complexity index is 2080. The molecule has 1 spiro atoms. The zero-order valence-corrected chi connectivity index (χ0v) is 33.7. The quantitative estimate of drug-likeness (QED) is 0.148. The number of benzene rings is 2. The van der Waals surface area contributed by atoms with Crippen LogP contribution >= 0.6 is 0 Å². The average Bonchev–Trinajstić information content (AvgIpc) is 3.45. The Kier molecular flexibility index (Phi) is 13.9. The van der Waals surface area contributed by atoms with E-state index in [4.69, 9.17) is 9.84 Å². The molecule has 1 saturated heterocycles. The number of hydrogen-bond acceptors (Lipinski definition) is 9. The van der Waals surface area contributed by atoms with Gasteiger partial charge in [-0.25, -0.2) is 22.3 Å². The second-order valence-electron chi connectivity index (χ2n) is 15.3. The zero-order valence-electron chi connectivity index (χ0n) is 32.9. The Morgan fingerprint density at radius 1 is 0.950 bits per heavy atom. The number of amidine groups is 1. The number of ether oxygens (including phenoxy) is 3. The van der Waals surface area contributed by atoms with E-state index in [1.54, 1.807) is 6.92 Å². The van der Waals surface area contributed by atoms with E-state index in [1.807, 2.05) is 0 Å². The molecule has 0 radical (unpaired) electrons. The Morgan fingerprint density at radius 3 is 2.13 bits per heavy atom. The summed E-state index contributed by atoms with van der Waals surface area (Å²) in [4.78, 5) is 41.5. The van der Waals surface area contributed by atoms with Gasteiger partial charge in [-0.1, -0.05) is 6.07 Å². The second-order valence-corrected chi connectivity index (χ2v) is 17.4. The van der Waals surface area contributed by atoms with Crippen LogP contribution in [0.2, 0.25) is 0 Å². The summed E-state index contributed by atoms with van der Waals surface area (Å²) >= 11 is 0. The van der Waals surface area contributed by atoms with Gasteiger partial charge in [-0.3, -0.25) is 9.79 Å². The van der Waals surface area contributed by atoms with Gasteiger partial charge in [-0.15, -0.1) is 0 Å². The molecule has 2 heterocycles. The van der Waals surface area contributed by atoms with Gasteiger partial charge in [0.25, 0.3) is 5.91 Å². The number of hydrogen-bond donors (Lipinski definition) is 2. The van der Waals surface area contributed by atoms with Crippen LogP contribution in [0.4, 0.5) is 44.3 Å².